The van der Waals surface area contributed by atoms with Crippen LogP contribution in [0.5, 0.6) is 5.75 Å². The van der Waals surface area contributed by atoms with Crippen LogP contribution in [-0.2, 0) is 4.79 Å². The molecule has 1 atom stereocenters. The van der Waals surface area contributed by atoms with E-state index in [4.69, 9.17) is 9.73 Å². The number of para-hydroxylation sites is 1. The largest absolute Gasteiger partial charge is 0.493 e. The molecule has 0 fully saturated rings. The lowest BCUT2D eigenvalue weighted by atomic mass is 10.0. The van der Waals surface area contributed by atoms with Gasteiger partial charge in [0.15, 0.2) is 4.80 Å². The molecule has 0 radical (unpaired) electrons. The second-order valence-corrected chi connectivity index (χ2v) is 11.2. The first kappa shape index (κ1) is 24.9. The number of nitrogens with one attached hydrogen (secondary N) is 1. The zero-order valence-electron chi connectivity index (χ0n) is 20.8. The molecule has 0 aliphatic carbocycles. The second kappa shape index (κ2) is 10.7. The van der Waals surface area contributed by atoms with Gasteiger partial charge in [-0.15, -0.1) is 11.3 Å². The smallest absolute Gasteiger partial charge is 0.271 e. The maximum Gasteiger partial charge on any atom is 0.271 e. The summed E-state index contributed by atoms with van der Waals surface area (Å²) in [5.41, 5.74) is 2.49. The predicted octanol–water partition coefficient (Wildman–Crippen LogP) is 4.97. The number of carbonyl (C=O) groups excluding carboxylic acids is 1. The molecule has 0 saturated heterocycles. The zero-order valence-corrected chi connectivity index (χ0v) is 22.4. The van der Waals surface area contributed by atoms with Crippen LogP contribution in [0.15, 0.2) is 93.2 Å². The number of hydrogen-bond acceptors (Lipinski definition) is 6. The molecule has 1 amide bonds. The van der Waals surface area contributed by atoms with Crippen molar-refractivity contribution in [2.75, 3.05) is 11.9 Å². The van der Waals surface area contributed by atoms with E-state index in [2.05, 4.69) is 19.2 Å². The molecule has 8 heteroatoms. The molecule has 1 N–H and O–H groups in total. The minimum atomic E-state index is -0.547. The minimum Gasteiger partial charge on any atom is -0.493 e. The number of aromatic nitrogens is 1. The van der Waals surface area contributed by atoms with Crippen LogP contribution in [0.2, 0.25) is 0 Å². The number of thiophene rings is 1. The molecule has 6 nitrogen and oxygen atoms in total. The second-order valence-electron chi connectivity index (χ2n) is 9.19. The Balaban J connectivity index is 1.54. The fraction of sp³-hybridized carbons (Fsp3) is 0.207. The highest BCUT2D eigenvalue weighted by Crippen LogP contribution is 2.33. The fourth-order valence-corrected chi connectivity index (χ4v) is 5.99. The third-order valence-corrected chi connectivity index (χ3v) is 7.78. The first-order chi connectivity index (χ1) is 17.9. The number of anilines is 1. The Kier molecular flexibility index (Phi) is 7.21. The lowest BCUT2D eigenvalue weighted by Gasteiger charge is -2.24. The van der Waals surface area contributed by atoms with Gasteiger partial charge >= 0.3 is 0 Å². The van der Waals surface area contributed by atoms with Crippen molar-refractivity contribution >= 4 is 40.3 Å². The summed E-state index contributed by atoms with van der Waals surface area (Å²) in [6.07, 6.45) is 1.87. The molecule has 1 aliphatic rings. The number of benzene rings is 2. The van der Waals surface area contributed by atoms with Crippen molar-refractivity contribution in [1.82, 2.24) is 4.57 Å². The number of amides is 1. The Morgan fingerprint density at radius 2 is 1.86 bits per heavy atom. The number of ether oxygens (including phenoxy) is 1. The van der Waals surface area contributed by atoms with E-state index in [0.717, 1.165) is 16.2 Å². The van der Waals surface area contributed by atoms with Gasteiger partial charge in [0.2, 0.25) is 0 Å². The van der Waals surface area contributed by atoms with Crippen LogP contribution in [0.1, 0.15) is 37.3 Å². The normalized spacial score (nSPS) is 15.5. The molecule has 0 bridgehead atoms. The number of carbonyl (C=O) groups is 1. The molecule has 37 heavy (non-hydrogen) atoms. The van der Waals surface area contributed by atoms with E-state index >= 15 is 0 Å². The summed E-state index contributed by atoms with van der Waals surface area (Å²) in [7, 11) is 0. The summed E-state index contributed by atoms with van der Waals surface area (Å²) in [6.45, 7) is 6.69. The summed E-state index contributed by atoms with van der Waals surface area (Å²) in [6, 6.07) is 20.3. The molecule has 188 valence electrons. The van der Waals surface area contributed by atoms with E-state index in [1.807, 2.05) is 85.1 Å². The van der Waals surface area contributed by atoms with Gasteiger partial charge < -0.3 is 10.1 Å². The van der Waals surface area contributed by atoms with Gasteiger partial charge in [-0.25, -0.2) is 4.99 Å². The van der Waals surface area contributed by atoms with Crippen molar-refractivity contribution in [1.29, 1.82) is 0 Å². The molecule has 3 heterocycles. The van der Waals surface area contributed by atoms with Gasteiger partial charge in [0.1, 0.15) is 11.8 Å². The van der Waals surface area contributed by atoms with Crippen molar-refractivity contribution in [2.45, 2.75) is 26.8 Å². The molecule has 4 aromatic rings. The van der Waals surface area contributed by atoms with Crippen molar-refractivity contribution in [3.63, 3.8) is 0 Å². The highest BCUT2D eigenvalue weighted by Gasteiger charge is 2.33. The fourth-order valence-electron chi connectivity index (χ4n) is 4.12. The van der Waals surface area contributed by atoms with E-state index in [1.54, 1.807) is 4.57 Å². The van der Waals surface area contributed by atoms with E-state index in [1.165, 1.54) is 22.7 Å². The van der Waals surface area contributed by atoms with Crippen LogP contribution < -0.4 is 24.9 Å². The Labute approximate surface area is 222 Å². The van der Waals surface area contributed by atoms with Crippen molar-refractivity contribution in [2.24, 2.45) is 10.9 Å². The van der Waals surface area contributed by atoms with Crippen LogP contribution in [0, 0.1) is 5.92 Å². The number of thiazole rings is 1. The topological polar surface area (TPSA) is 72.7 Å². The molecule has 5 rings (SSSR count). The minimum absolute atomic E-state index is 0.167. The number of rotatable bonds is 7. The Morgan fingerprint density at radius 3 is 2.54 bits per heavy atom. The number of allylic oxidation sites excluding steroid dienone is 1. The molecule has 0 spiro atoms. The first-order valence-corrected chi connectivity index (χ1v) is 13.8. The van der Waals surface area contributed by atoms with Gasteiger partial charge in [-0.1, -0.05) is 61.6 Å². The van der Waals surface area contributed by atoms with Crippen molar-refractivity contribution < 1.29 is 9.53 Å². The molecular formula is C29H27N3O3S2. The van der Waals surface area contributed by atoms with Crippen LogP contribution >= 0.6 is 22.7 Å². The molecule has 1 aliphatic heterocycles. The van der Waals surface area contributed by atoms with E-state index in [0.29, 0.717) is 38.8 Å². The van der Waals surface area contributed by atoms with Gasteiger partial charge in [-0.05, 0) is 60.2 Å². The van der Waals surface area contributed by atoms with Gasteiger partial charge in [-0.3, -0.25) is 14.2 Å². The number of nitrogens with zero attached hydrogens (tertiary/aromatic N) is 2. The van der Waals surface area contributed by atoms with Gasteiger partial charge in [0.05, 0.1) is 22.4 Å². The average molecular weight is 530 g/mol. The molecule has 0 unspecified atom stereocenters. The summed E-state index contributed by atoms with van der Waals surface area (Å²) >= 11 is 2.85. The van der Waals surface area contributed by atoms with Crippen LogP contribution in [0.3, 0.4) is 0 Å². The quantitative estimate of drug-likeness (QED) is 0.367. The lowest BCUT2D eigenvalue weighted by molar-refractivity contribution is -0.113. The Hall–Kier alpha value is -3.75. The van der Waals surface area contributed by atoms with Crippen LogP contribution in [-0.4, -0.2) is 17.1 Å². The predicted molar refractivity (Wildman–Crippen MR) is 150 cm³/mol. The third-order valence-electron chi connectivity index (χ3n) is 5.87. The third kappa shape index (κ3) is 5.35. The monoisotopic (exact) mass is 529 g/mol. The average Bonchev–Trinajstić information content (AvgIpc) is 3.52. The highest BCUT2D eigenvalue weighted by atomic mass is 32.1. The Bertz CT molecular complexity index is 1610. The van der Waals surface area contributed by atoms with E-state index < -0.39 is 6.04 Å². The summed E-state index contributed by atoms with van der Waals surface area (Å²) in [5.74, 6) is 0.979. The number of fused-ring (bicyclic) bond motifs is 1. The van der Waals surface area contributed by atoms with E-state index in [9.17, 15) is 9.59 Å². The van der Waals surface area contributed by atoms with Crippen molar-refractivity contribution in [3.05, 3.63) is 114 Å². The lowest BCUT2D eigenvalue weighted by Crippen LogP contribution is -2.40. The SMILES string of the molecule is CC1=C(C(=O)Nc2ccccc2)[C@H](c2cccs2)n2c(s/c(=C/c3ccc(OCC(C)C)cc3)c2=O)=N1. The number of hydrogen-bond donors (Lipinski definition) is 1. The maximum absolute atomic E-state index is 13.7. The van der Waals surface area contributed by atoms with Gasteiger partial charge in [0, 0.05) is 10.6 Å². The van der Waals surface area contributed by atoms with E-state index in [-0.39, 0.29) is 11.5 Å². The highest BCUT2D eigenvalue weighted by molar-refractivity contribution is 7.10. The van der Waals surface area contributed by atoms with Gasteiger partial charge in [-0.2, -0.15) is 0 Å². The molecule has 2 aromatic heterocycles. The summed E-state index contributed by atoms with van der Waals surface area (Å²) in [5, 5.41) is 4.92. The molecule has 0 saturated carbocycles. The Morgan fingerprint density at radius 1 is 1.11 bits per heavy atom. The maximum atomic E-state index is 13.7. The molecule has 2 aromatic carbocycles. The first-order valence-electron chi connectivity index (χ1n) is 12.1. The zero-order chi connectivity index (χ0) is 25.9. The van der Waals surface area contributed by atoms with Crippen LogP contribution in [0.4, 0.5) is 5.69 Å². The summed E-state index contributed by atoms with van der Waals surface area (Å²) < 4.78 is 7.98. The standard InChI is InChI=1S/C29H27N3O3S2/c1-18(2)17-35-22-13-11-20(12-14-22)16-24-28(34)32-26(23-10-7-15-36-23)25(19(3)30-29(32)37-24)27(33)31-21-8-5-4-6-9-21/h4-16,18,26H,17H2,1-3H3,(H,31,33)/b24-16+/t26-/m0/s1. The summed E-state index contributed by atoms with van der Waals surface area (Å²) in [4.78, 5) is 33.4. The molecular weight excluding hydrogens is 502 g/mol. The van der Waals surface area contributed by atoms with Crippen molar-refractivity contribution in [3.8, 4) is 5.75 Å². The van der Waals surface area contributed by atoms with Crippen LogP contribution in [0.25, 0.3) is 6.08 Å². The van der Waals surface area contributed by atoms with Gasteiger partial charge in [0.25, 0.3) is 11.5 Å².